The number of hydrogen-bond acceptors (Lipinski definition) is 4. The SMILES string of the molecule is CC(O)c1ccc(-c2ccc3ncc(N4CCCCC4)nc3c2)cc1F. The van der Waals surface area contributed by atoms with Gasteiger partial charge >= 0.3 is 0 Å². The molecule has 4 rings (SSSR count). The van der Waals surface area contributed by atoms with Crippen LogP contribution in [0.1, 0.15) is 37.9 Å². The second-order valence-electron chi connectivity index (χ2n) is 6.89. The van der Waals surface area contributed by atoms with E-state index in [0.717, 1.165) is 41.1 Å². The number of nitrogens with zero attached hydrogens (tertiary/aromatic N) is 3. The minimum atomic E-state index is -0.821. The Balaban J connectivity index is 1.71. The second-order valence-corrected chi connectivity index (χ2v) is 6.89. The van der Waals surface area contributed by atoms with Gasteiger partial charge < -0.3 is 10.0 Å². The number of aliphatic hydroxyl groups excluding tert-OH is 1. The van der Waals surface area contributed by atoms with Crippen LogP contribution in [-0.2, 0) is 0 Å². The van der Waals surface area contributed by atoms with Crippen LogP contribution in [0.15, 0.2) is 42.6 Å². The first-order valence-corrected chi connectivity index (χ1v) is 9.11. The molecular weight excluding hydrogens is 329 g/mol. The van der Waals surface area contributed by atoms with Gasteiger partial charge in [-0.05, 0) is 55.5 Å². The number of anilines is 1. The van der Waals surface area contributed by atoms with Gasteiger partial charge in [-0.15, -0.1) is 0 Å². The normalized spacial score (nSPS) is 16.0. The van der Waals surface area contributed by atoms with Crippen molar-refractivity contribution in [3.63, 3.8) is 0 Å². The van der Waals surface area contributed by atoms with E-state index in [-0.39, 0.29) is 0 Å². The summed E-state index contributed by atoms with van der Waals surface area (Å²) in [6, 6.07) is 10.7. The predicted octanol–water partition coefficient (Wildman–Crippen LogP) is 4.48. The van der Waals surface area contributed by atoms with Gasteiger partial charge in [-0.1, -0.05) is 18.2 Å². The van der Waals surface area contributed by atoms with E-state index in [0.29, 0.717) is 5.56 Å². The van der Waals surface area contributed by atoms with Gasteiger partial charge in [0.1, 0.15) is 11.6 Å². The molecule has 1 atom stereocenters. The zero-order valence-corrected chi connectivity index (χ0v) is 14.8. The second kappa shape index (κ2) is 7.00. The van der Waals surface area contributed by atoms with Gasteiger partial charge in [-0.3, -0.25) is 4.98 Å². The molecule has 1 fully saturated rings. The third kappa shape index (κ3) is 3.27. The first-order valence-electron chi connectivity index (χ1n) is 9.11. The van der Waals surface area contributed by atoms with Crippen molar-refractivity contribution in [2.45, 2.75) is 32.3 Å². The average molecular weight is 351 g/mol. The monoisotopic (exact) mass is 351 g/mol. The zero-order chi connectivity index (χ0) is 18.1. The van der Waals surface area contributed by atoms with E-state index in [1.807, 2.05) is 30.5 Å². The maximum Gasteiger partial charge on any atom is 0.147 e. The molecule has 1 unspecified atom stereocenters. The molecule has 1 aliphatic heterocycles. The Kier molecular flexibility index (Phi) is 4.55. The van der Waals surface area contributed by atoms with Crippen molar-refractivity contribution in [2.24, 2.45) is 0 Å². The van der Waals surface area contributed by atoms with Crippen LogP contribution in [0.3, 0.4) is 0 Å². The Morgan fingerprint density at radius 1 is 1.00 bits per heavy atom. The van der Waals surface area contributed by atoms with Crippen LogP contribution in [0.4, 0.5) is 10.2 Å². The molecule has 1 aromatic heterocycles. The molecule has 2 heterocycles. The zero-order valence-electron chi connectivity index (χ0n) is 14.8. The molecule has 0 aliphatic carbocycles. The van der Waals surface area contributed by atoms with Crippen LogP contribution in [-0.4, -0.2) is 28.2 Å². The van der Waals surface area contributed by atoms with Crippen LogP contribution in [0.25, 0.3) is 22.2 Å². The number of benzene rings is 2. The molecule has 0 amide bonds. The lowest BCUT2D eigenvalue weighted by Crippen LogP contribution is -2.30. The average Bonchev–Trinajstić information content (AvgIpc) is 2.67. The summed E-state index contributed by atoms with van der Waals surface area (Å²) >= 11 is 0. The third-order valence-corrected chi connectivity index (χ3v) is 4.99. The molecule has 0 spiro atoms. The van der Waals surface area contributed by atoms with E-state index < -0.39 is 11.9 Å². The van der Waals surface area contributed by atoms with E-state index in [9.17, 15) is 9.50 Å². The van der Waals surface area contributed by atoms with E-state index in [4.69, 9.17) is 4.98 Å². The summed E-state index contributed by atoms with van der Waals surface area (Å²) in [5, 5.41) is 9.60. The summed E-state index contributed by atoms with van der Waals surface area (Å²) in [5.41, 5.74) is 3.60. The maximum atomic E-state index is 14.2. The van der Waals surface area contributed by atoms with Crippen molar-refractivity contribution in [3.05, 3.63) is 54.0 Å². The van der Waals surface area contributed by atoms with Crippen molar-refractivity contribution in [1.82, 2.24) is 9.97 Å². The van der Waals surface area contributed by atoms with Crippen LogP contribution in [0, 0.1) is 5.82 Å². The van der Waals surface area contributed by atoms with Gasteiger partial charge in [0.2, 0.25) is 0 Å². The predicted molar refractivity (Wildman–Crippen MR) is 102 cm³/mol. The standard InChI is InChI=1S/C21H22FN3O/c1-14(26)17-7-5-15(11-18(17)22)16-6-8-19-20(12-16)24-21(13-23-19)25-9-3-2-4-10-25/h5-8,11-14,26H,2-4,9-10H2,1H3. The summed E-state index contributed by atoms with van der Waals surface area (Å²) in [6.45, 7) is 3.60. The smallest absolute Gasteiger partial charge is 0.147 e. The van der Waals surface area contributed by atoms with Crippen molar-refractivity contribution in [1.29, 1.82) is 0 Å². The molecule has 4 nitrogen and oxygen atoms in total. The van der Waals surface area contributed by atoms with Crippen molar-refractivity contribution in [3.8, 4) is 11.1 Å². The Labute approximate surface area is 152 Å². The van der Waals surface area contributed by atoms with E-state index in [2.05, 4.69) is 9.88 Å². The van der Waals surface area contributed by atoms with E-state index >= 15 is 0 Å². The quantitative estimate of drug-likeness (QED) is 0.756. The van der Waals surface area contributed by atoms with Crippen molar-refractivity contribution >= 4 is 16.9 Å². The molecule has 2 aromatic carbocycles. The van der Waals surface area contributed by atoms with Crippen LogP contribution >= 0.6 is 0 Å². The summed E-state index contributed by atoms with van der Waals surface area (Å²) in [5.74, 6) is 0.510. The van der Waals surface area contributed by atoms with Crippen molar-refractivity contribution < 1.29 is 9.50 Å². The molecule has 134 valence electrons. The van der Waals surface area contributed by atoms with Gasteiger partial charge in [0.15, 0.2) is 0 Å². The van der Waals surface area contributed by atoms with Gasteiger partial charge in [-0.25, -0.2) is 9.37 Å². The highest BCUT2D eigenvalue weighted by atomic mass is 19.1. The topological polar surface area (TPSA) is 49.3 Å². The first-order chi connectivity index (χ1) is 12.6. The van der Waals surface area contributed by atoms with E-state index in [1.54, 1.807) is 13.0 Å². The van der Waals surface area contributed by atoms with Gasteiger partial charge in [0.05, 0.1) is 23.3 Å². The Bertz CT molecular complexity index is 936. The minimum absolute atomic E-state index is 0.307. The van der Waals surface area contributed by atoms with Crippen molar-refractivity contribution in [2.75, 3.05) is 18.0 Å². The number of rotatable bonds is 3. The molecule has 0 radical (unpaired) electrons. The van der Waals surface area contributed by atoms with Gasteiger partial charge in [0, 0.05) is 18.7 Å². The largest absolute Gasteiger partial charge is 0.389 e. The fourth-order valence-corrected chi connectivity index (χ4v) is 3.50. The Morgan fingerprint density at radius 3 is 2.46 bits per heavy atom. The molecule has 5 heteroatoms. The highest BCUT2D eigenvalue weighted by molar-refractivity contribution is 5.82. The van der Waals surface area contributed by atoms with Crippen LogP contribution in [0.5, 0.6) is 0 Å². The molecular formula is C21H22FN3O. The molecule has 0 bridgehead atoms. The first kappa shape index (κ1) is 16.9. The number of aromatic nitrogens is 2. The summed E-state index contributed by atoms with van der Waals surface area (Å²) in [7, 11) is 0. The highest BCUT2D eigenvalue weighted by Crippen LogP contribution is 2.28. The summed E-state index contributed by atoms with van der Waals surface area (Å²) in [4.78, 5) is 11.6. The molecule has 1 saturated heterocycles. The summed E-state index contributed by atoms with van der Waals surface area (Å²) < 4.78 is 14.2. The molecule has 1 N–H and O–H groups in total. The highest BCUT2D eigenvalue weighted by Gasteiger charge is 2.14. The molecule has 0 saturated carbocycles. The molecule has 26 heavy (non-hydrogen) atoms. The lowest BCUT2D eigenvalue weighted by Gasteiger charge is -2.27. The Morgan fingerprint density at radius 2 is 1.73 bits per heavy atom. The molecule has 3 aromatic rings. The maximum absolute atomic E-state index is 14.2. The number of aliphatic hydroxyl groups is 1. The molecule has 1 aliphatic rings. The van der Waals surface area contributed by atoms with Crippen LogP contribution in [0.2, 0.25) is 0 Å². The van der Waals surface area contributed by atoms with Gasteiger partial charge in [0.25, 0.3) is 0 Å². The fraction of sp³-hybridized carbons (Fsp3) is 0.333. The number of piperidine rings is 1. The lowest BCUT2D eigenvalue weighted by molar-refractivity contribution is 0.194. The minimum Gasteiger partial charge on any atom is -0.389 e. The van der Waals surface area contributed by atoms with E-state index in [1.165, 1.54) is 25.3 Å². The fourth-order valence-electron chi connectivity index (χ4n) is 3.50. The number of fused-ring (bicyclic) bond motifs is 1. The number of hydrogen-bond donors (Lipinski definition) is 1. The summed E-state index contributed by atoms with van der Waals surface area (Å²) in [6.07, 6.45) is 4.67. The lowest BCUT2D eigenvalue weighted by atomic mass is 10.0. The van der Waals surface area contributed by atoms with Crippen LogP contribution < -0.4 is 4.90 Å². The third-order valence-electron chi connectivity index (χ3n) is 4.99. The van der Waals surface area contributed by atoms with Gasteiger partial charge in [-0.2, -0.15) is 0 Å². The number of halogens is 1. The Hall–Kier alpha value is -2.53.